The fraction of sp³-hybridized carbons (Fsp3) is 0.360. The van der Waals surface area contributed by atoms with Gasteiger partial charge in [0.1, 0.15) is 11.4 Å². The zero-order chi connectivity index (χ0) is 23.4. The van der Waals surface area contributed by atoms with E-state index in [1.807, 2.05) is 63.6 Å². The molecule has 1 atom stereocenters. The number of carbonyl (C=O) groups excluding carboxylic acids is 1. The number of likely N-dealkylation sites (N-methyl/N-ethyl adjacent to an activating group) is 1. The molecule has 4 rings (SSSR count). The molecule has 8 nitrogen and oxygen atoms in total. The van der Waals surface area contributed by atoms with Crippen LogP contribution in [0.3, 0.4) is 0 Å². The van der Waals surface area contributed by atoms with Crippen LogP contribution in [0.15, 0.2) is 48.7 Å². The van der Waals surface area contributed by atoms with E-state index in [4.69, 9.17) is 14.2 Å². The summed E-state index contributed by atoms with van der Waals surface area (Å²) in [5.41, 5.74) is 3.02. The predicted molar refractivity (Wildman–Crippen MR) is 126 cm³/mol. The number of hydrogen-bond acceptors (Lipinski definition) is 6. The molecule has 2 heterocycles. The first-order valence-corrected chi connectivity index (χ1v) is 11.0. The quantitative estimate of drug-likeness (QED) is 0.595. The molecular formula is C25H30N4O4. The summed E-state index contributed by atoms with van der Waals surface area (Å²) >= 11 is 0. The number of hydrogen-bond donors (Lipinski definition) is 1. The molecule has 33 heavy (non-hydrogen) atoms. The van der Waals surface area contributed by atoms with E-state index in [9.17, 15) is 4.79 Å². The summed E-state index contributed by atoms with van der Waals surface area (Å²) in [6.07, 6.45) is 2.58. The molecule has 8 heteroatoms. The van der Waals surface area contributed by atoms with Crippen molar-refractivity contribution in [3.8, 4) is 28.5 Å². The van der Waals surface area contributed by atoms with Gasteiger partial charge in [-0.25, -0.2) is 0 Å². The number of aromatic nitrogens is 2. The number of fused-ring (bicyclic) bond motifs is 1. The maximum atomic E-state index is 13.2. The van der Waals surface area contributed by atoms with E-state index in [0.717, 1.165) is 23.3 Å². The fourth-order valence-corrected chi connectivity index (χ4v) is 3.89. The molecule has 1 aromatic heterocycles. The number of rotatable bonds is 7. The minimum atomic E-state index is -0.175. The van der Waals surface area contributed by atoms with Crippen molar-refractivity contribution in [2.75, 3.05) is 41.0 Å². The summed E-state index contributed by atoms with van der Waals surface area (Å²) in [5, 5.41) is 7.63. The number of carbonyl (C=O) groups is 1. The van der Waals surface area contributed by atoms with Crippen LogP contribution < -0.4 is 19.5 Å². The number of amides is 1. The lowest BCUT2D eigenvalue weighted by Crippen LogP contribution is -2.34. The van der Waals surface area contributed by atoms with Crippen molar-refractivity contribution >= 4 is 5.91 Å². The Bertz CT molecular complexity index is 1110. The Labute approximate surface area is 194 Å². The van der Waals surface area contributed by atoms with Gasteiger partial charge in [0.25, 0.3) is 5.91 Å². The van der Waals surface area contributed by atoms with Gasteiger partial charge in [0.2, 0.25) is 0 Å². The second kappa shape index (κ2) is 9.95. The fourth-order valence-electron chi connectivity index (χ4n) is 3.89. The van der Waals surface area contributed by atoms with Gasteiger partial charge in [0, 0.05) is 31.8 Å². The van der Waals surface area contributed by atoms with Gasteiger partial charge >= 0.3 is 0 Å². The van der Waals surface area contributed by atoms with E-state index in [1.54, 1.807) is 18.0 Å². The molecular weight excluding hydrogens is 420 g/mol. The number of nitrogens with one attached hydrogen (secondary N) is 1. The Kier molecular flexibility index (Phi) is 6.84. The molecule has 0 bridgehead atoms. The van der Waals surface area contributed by atoms with Gasteiger partial charge in [-0.15, -0.1) is 0 Å². The van der Waals surface area contributed by atoms with Crippen LogP contribution in [0.2, 0.25) is 0 Å². The molecule has 1 amide bonds. The van der Waals surface area contributed by atoms with Crippen LogP contribution in [0.25, 0.3) is 11.3 Å². The molecule has 174 valence electrons. The topological polar surface area (TPSA) is 77.8 Å². The molecule has 1 N–H and O–H groups in total. The standard InChI is InChI=1S/C25H30N4O4/c1-28(2)21(17-6-9-19(31-4)10-7-17)15-26-25(30)20-16-29(3)27-24(20)18-8-11-22-23(14-18)33-13-5-12-32-22/h6-11,14,16,21H,5,12-13,15H2,1-4H3,(H,26,30)/t21-/m1/s1. The number of methoxy groups -OCH3 is 1. The lowest BCUT2D eigenvalue weighted by Gasteiger charge is -2.25. The van der Waals surface area contributed by atoms with Crippen molar-refractivity contribution in [3.63, 3.8) is 0 Å². The minimum Gasteiger partial charge on any atom is -0.497 e. The van der Waals surface area contributed by atoms with E-state index >= 15 is 0 Å². The smallest absolute Gasteiger partial charge is 0.255 e. The van der Waals surface area contributed by atoms with Gasteiger partial charge in [-0.3, -0.25) is 9.48 Å². The van der Waals surface area contributed by atoms with E-state index in [2.05, 4.69) is 15.3 Å². The van der Waals surface area contributed by atoms with Crippen molar-refractivity contribution < 1.29 is 19.0 Å². The summed E-state index contributed by atoms with van der Waals surface area (Å²) in [6.45, 7) is 1.68. The number of ether oxygens (including phenoxy) is 3. The van der Waals surface area contributed by atoms with Gasteiger partial charge in [-0.05, 0) is 50.0 Å². The Balaban J connectivity index is 1.53. The van der Waals surface area contributed by atoms with E-state index in [-0.39, 0.29) is 11.9 Å². The van der Waals surface area contributed by atoms with E-state index in [0.29, 0.717) is 42.5 Å². The lowest BCUT2D eigenvalue weighted by molar-refractivity contribution is 0.0942. The first-order valence-electron chi connectivity index (χ1n) is 11.0. The van der Waals surface area contributed by atoms with Crippen molar-refractivity contribution in [3.05, 3.63) is 59.8 Å². The second-order valence-electron chi connectivity index (χ2n) is 8.24. The number of nitrogens with zero attached hydrogens (tertiary/aromatic N) is 3. The van der Waals surface area contributed by atoms with Crippen molar-refractivity contribution in [2.45, 2.75) is 12.5 Å². The average Bonchev–Trinajstić information content (AvgIpc) is 3.06. The Morgan fingerprint density at radius 3 is 2.58 bits per heavy atom. The highest BCUT2D eigenvalue weighted by Crippen LogP contribution is 2.34. The third-order valence-corrected chi connectivity index (χ3v) is 5.67. The molecule has 0 radical (unpaired) electrons. The van der Waals surface area contributed by atoms with Gasteiger partial charge in [-0.2, -0.15) is 5.10 Å². The maximum absolute atomic E-state index is 13.2. The zero-order valence-electron chi connectivity index (χ0n) is 19.5. The third kappa shape index (κ3) is 5.12. The SMILES string of the molecule is COc1ccc([C@@H](CNC(=O)c2cn(C)nc2-c2ccc3c(c2)OCCCO3)N(C)C)cc1. The van der Waals surface area contributed by atoms with Gasteiger partial charge in [-0.1, -0.05) is 12.1 Å². The molecule has 0 aliphatic carbocycles. The Hall–Kier alpha value is -3.52. The second-order valence-corrected chi connectivity index (χ2v) is 8.24. The van der Waals surface area contributed by atoms with Crippen LogP contribution in [-0.2, 0) is 7.05 Å². The van der Waals surface area contributed by atoms with Crippen LogP contribution in [0, 0.1) is 0 Å². The number of benzene rings is 2. The average molecular weight is 451 g/mol. The van der Waals surface area contributed by atoms with Crippen molar-refractivity contribution in [1.82, 2.24) is 20.0 Å². The summed E-state index contributed by atoms with van der Waals surface area (Å²) < 4.78 is 18.4. The summed E-state index contributed by atoms with van der Waals surface area (Å²) in [7, 11) is 7.44. The van der Waals surface area contributed by atoms with E-state index < -0.39 is 0 Å². The van der Waals surface area contributed by atoms with Gasteiger partial charge in [0.05, 0.1) is 31.9 Å². The monoisotopic (exact) mass is 450 g/mol. The largest absolute Gasteiger partial charge is 0.497 e. The molecule has 0 saturated heterocycles. The van der Waals surface area contributed by atoms with Crippen LogP contribution in [0.5, 0.6) is 17.2 Å². The molecule has 1 aliphatic rings. The summed E-state index contributed by atoms with van der Waals surface area (Å²) in [4.78, 5) is 15.3. The molecule has 0 unspecified atom stereocenters. The minimum absolute atomic E-state index is 0.0121. The van der Waals surface area contributed by atoms with Crippen LogP contribution in [-0.4, -0.2) is 61.6 Å². The van der Waals surface area contributed by atoms with Crippen molar-refractivity contribution in [1.29, 1.82) is 0 Å². The predicted octanol–water partition coefficient (Wildman–Crippen LogP) is 3.29. The molecule has 2 aromatic carbocycles. The first kappa shape index (κ1) is 22.7. The van der Waals surface area contributed by atoms with Crippen LogP contribution in [0.4, 0.5) is 0 Å². The molecule has 0 saturated carbocycles. The van der Waals surface area contributed by atoms with Crippen LogP contribution >= 0.6 is 0 Å². The first-order chi connectivity index (χ1) is 16.0. The maximum Gasteiger partial charge on any atom is 0.255 e. The molecule has 0 fully saturated rings. The molecule has 1 aliphatic heterocycles. The Morgan fingerprint density at radius 1 is 1.15 bits per heavy atom. The summed E-state index contributed by atoms with van der Waals surface area (Å²) in [6, 6.07) is 13.6. The highest BCUT2D eigenvalue weighted by molar-refractivity contribution is 6.00. The Morgan fingerprint density at radius 2 is 1.88 bits per heavy atom. The molecule has 3 aromatic rings. The summed E-state index contributed by atoms with van der Waals surface area (Å²) in [5.74, 6) is 2.02. The third-order valence-electron chi connectivity index (χ3n) is 5.67. The van der Waals surface area contributed by atoms with Gasteiger partial charge in [0.15, 0.2) is 11.5 Å². The van der Waals surface area contributed by atoms with Gasteiger partial charge < -0.3 is 24.4 Å². The number of aryl methyl sites for hydroxylation is 1. The van der Waals surface area contributed by atoms with Crippen molar-refractivity contribution in [2.24, 2.45) is 7.05 Å². The highest BCUT2D eigenvalue weighted by atomic mass is 16.5. The zero-order valence-corrected chi connectivity index (χ0v) is 19.5. The normalized spacial score (nSPS) is 14.0. The highest BCUT2D eigenvalue weighted by Gasteiger charge is 2.22. The van der Waals surface area contributed by atoms with E-state index in [1.165, 1.54) is 0 Å². The van der Waals surface area contributed by atoms with Crippen LogP contribution in [0.1, 0.15) is 28.4 Å². The lowest BCUT2D eigenvalue weighted by atomic mass is 10.0. The molecule has 0 spiro atoms.